The van der Waals surface area contributed by atoms with Crippen molar-refractivity contribution in [1.82, 2.24) is 99.1 Å². The number of ether oxygens (including phenoxy) is 6. The van der Waals surface area contributed by atoms with Crippen LogP contribution in [-0.2, 0) is 65.3 Å². The van der Waals surface area contributed by atoms with Gasteiger partial charge in [0.15, 0.2) is 39.8 Å². The molecule has 0 amide bonds. The van der Waals surface area contributed by atoms with E-state index < -0.39 is 158 Å². The predicted molar refractivity (Wildman–Crippen MR) is 421 cm³/mol. The summed E-state index contributed by atoms with van der Waals surface area (Å²) in [5.41, 5.74) is 4.37. The minimum absolute atomic E-state index is 0.00535. The van der Waals surface area contributed by atoms with Gasteiger partial charge in [-0.05, 0) is 169 Å². The first kappa shape index (κ1) is 99.6. The van der Waals surface area contributed by atoms with Gasteiger partial charge in [-0.1, -0.05) is 12.1 Å². The maximum atomic E-state index is 14.3. The lowest BCUT2D eigenvalue weighted by atomic mass is 9.91. The number of methoxy groups -OCH3 is 1. The largest absolute Gasteiger partial charge is 0.573 e. The highest BCUT2D eigenvalue weighted by molar-refractivity contribution is 5.69. The molecule has 53 heteroatoms. The van der Waals surface area contributed by atoms with Crippen LogP contribution in [0, 0.1) is 12.7 Å². The standard InChI is InChI=1S/C18H16F4N4O.C17H13F5N4O.C16H11F7N4O2.C16H13F5N4O2.C16H13F5N4O/c1-10-7-11(27-12-8-18(21,22)9-12)3-4-13(10)14-5-6-15-23-24-16(17(2,19)20)26(15)25-14;1-16(19,20)15-24-23-14-5-3-12(25-26(14)15)9-2-4-13(11(18)6-9)27-10-7-17(21,22)8-10;1-15(19,20)13-25-24-12-5-4-11(26-27(12)13)10-3-2-9(29-16(21,22)23)6-8(10)7-28-14(17)18;1-15(17,18)14-23-22-13-6-4-11(24-25(13)14)9-3-5-12(27-16(19,20)21)10(7-9)8-26-2;1-15(17,18)14-23-22-13-5-4-12(24-25(13)14)9-2-3-10(7-16(19,20)21)11(6-9)8-26/h3-7,12H,8-9H2,1-2H3;2-6,10H,7-8H2,1H3;2-6,14H,7H2,1H3;3-7H,8H2,1-2H3;2-6,26H,7-8H2,1H3. The molecule has 2 aliphatic carbocycles. The molecule has 0 spiro atoms. The van der Waals surface area contributed by atoms with Gasteiger partial charge in [0.1, 0.15) is 29.5 Å². The van der Waals surface area contributed by atoms with Gasteiger partial charge in [-0.3, -0.25) is 0 Å². The van der Waals surface area contributed by atoms with Crippen LogP contribution < -0.4 is 18.9 Å². The molecule has 1 N–H and O–H groups in total. The maximum Gasteiger partial charge on any atom is 0.573 e. The van der Waals surface area contributed by atoms with Crippen LogP contribution in [0.25, 0.3) is 84.5 Å². The number of fused-ring (bicyclic) bond motifs is 5. The highest BCUT2D eigenvalue weighted by Gasteiger charge is 2.49. The Hall–Kier alpha value is -13.9. The second kappa shape index (κ2) is 38.1. The van der Waals surface area contributed by atoms with Crippen molar-refractivity contribution >= 4 is 28.2 Å². The minimum atomic E-state index is -5.00. The van der Waals surface area contributed by atoms with Crippen LogP contribution in [0.4, 0.5) is 114 Å². The monoisotopic (exact) mass is 1950 g/mol. The molecule has 17 rings (SSSR count). The molecule has 2 aliphatic rings. The van der Waals surface area contributed by atoms with E-state index in [1.54, 1.807) is 30.3 Å². The molecule has 0 radical (unpaired) electrons. The number of aliphatic hydroxyl groups excluding tert-OH is 1. The van der Waals surface area contributed by atoms with Gasteiger partial charge in [0.25, 0.3) is 11.8 Å². The summed E-state index contributed by atoms with van der Waals surface area (Å²) in [4.78, 5) is 0. The fourth-order valence-electron chi connectivity index (χ4n) is 13.4. The number of halogens is 26. The fraction of sp³-hybridized carbons (Fsp3) is 0.337. The number of nitrogens with zero attached hydrogens (tertiary/aromatic N) is 20. The first-order valence-corrected chi connectivity index (χ1v) is 39.4. The molecule has 5 aromatic carbocycles. The summed E-state index contributed by atoms with van der Waals surface area (Å²) in [5, 5.41) is 65.1. The summed E-state index contributed by atoms with van der Waals surface area (Å²) >= 11 is 0. The average molecular weight is 1950 g/mol. The van der Waals surface area contributed by atoms with Crippen molar-refractivity contribution in [2.75, 3.05) is 7.11 Å². The van der Waals surface area contributed by atoms with Crippen molar-refractivity contribution in [2.45, 2.75) is 173 Å². The van der Waals surface area contributed by atoms with Crippen LogP contribution in [-0.4, -0.2) is 161 Å². The molecule has 0 saturated heterocycles. The number of aliphatic hydroxyl groups is 1. The van der Waals surface area contributed by atoms with Crippen LogP contribution in [0.5, 0.6) is 23.0 Å². The summed E-state index contributed by atoms with van der Waals surface area (Å²) in [6.45, 7) is 0.430. The molecule has 2 fully saturated rings. The van der Waals surface area contributed by atoms with Gasteiger partial charge in [0.05, 0.1) is 54.7 Å². The summed E-state index contributed by atoms with van der Waals surface area (Å²) in [5.74, 6) is -26.5. The van der Waals surface area contributed by atoms with E-state index in [9.17, 15) is 119 Å². The molecule has 15 aromatic rings. The molecule has 27 nitrogen and oxygen atoms in total. The molecular weight excluding hydrogens is 1880 g/mol. The van der Waals surface area contributed by atoms with Crippen LogP contribution in [0.2, 0.25) is 0 Å². The lowest BCUT2D eigenvalue weighted by Crippen LogP contribution is -2.43. The third-order valence-corrected chi connectivity index (χ3v) is 19.6. The van der Waals surface area contributed by atoms with Crippen molar-refractivity contribution in [2.24, 2.45) is 0 Å². The molecule has 2 saturated carbocycles. The van der Waals surface area contributed by atoms with Crippen molar-refractivity contribution < 1.29 is 148 Å². The van der Waals surface area contributed by atoms with E-state index >= 15 is 0 Å². The second-order valence-corrected chi connectivity index (χ2v) is 30.8. The topological polar surface area (TPSA) is 291 Å². The quantitative estimate of drug-likeness (QED) is 0.0582. The van der Waals surface area contributed by atoms with Crippen molar-refractivity contribution in [1.29, 1.82) is 0 Å². The van der Waals surface area contributed by atoms with Crippen LogP contribution in [0.3, 0.4) is 0 Å². The Labute approximate surface area is 746 Å². The number of rotatable bonds is 23. The number of aromatic nitrogens is 20. The van der Waals surface area contributed by atoms with Gasteiger partial charge in [-0.2, -0.15) is 114 Å². The Morgan fingerprint density at radius 2 is 0.735 bits per heavy atom. The second-order valence-electron chi connectivity index (χ2n) is 30.8. The molecule has 0 unspecified atom stereocenters. The van der Waals surface area contributed by atoms with Gasteiger partial charge in [0, 0.05) is 101 Å². The molecule has 10 heterocycles. The number of hydrogen-bond acceptors (Lipinski definition) is 22. The van der Waals surface area contributed by atoms with Crippen LogP contribution in [0.15, 0.2) is 152 Å². The van der Waals surface area contributed by atoms with E-state index in [-0.39, 0.29) is 104 Å². The summed E-state index contributed by atoms with van der Waals surface area (Å²) in [6, 6.07) is 34.3. The van der Waals surface area contributed by atoms with Gasteiger partial charge >= 0.3 is 55.1 Å². The fourth-order valence-corrected chi connectivity index (χ4v) is 13.4. The van der Waals surface area contributed by atoms with E-state index in [1.807, 2.05) is 6.92 Å². The molecule has 0 atom stereocenters. The molecule has 10 aromatic heterocycles. The van der Waals surface area contributed by atoms with Gasteiger partial charge in [0.2, 0.25) is 29.1 Å². The lowest BCUT2D eigenvalue weighted by molar-refractivity contribution is -0.275. The van der Waals surface area contributed by atoms with Crippen molar-refractivity contribution in [3.05, 3.63) is 214 Å². The molecule has 136 heavy (non-hydrogen) atoms. The van der Waals surface area contributed by atoms with E-state index in [4.69, 9.17) is 14.2 Å². The molecule has 722 valence electrons. The van der Waals surface area contributed by atoms with Crippen molar-refractivity contribution in [3.63, 3.8) is 0 Å². The normalized spacial score (nSPS) is 14.4. The summed E-state index contributed by atoms with van der Waals surface area (Å²) in [6.07, 6.45) is -18.1. The Balaban J connectivity index is 0.000000144. The highest BCUT2D eigenvalue weighted by atomic mass is 19.4. The smallest absolute Gasteiger partial charge is 0.490 e. The van der Waals surface area contributed by atoms with Gasteiger partial charge in [-0.25, -0.2) is 22.0 Å². The zero-order valence-electron chi connectivity index (χ0n) is 70.5. The first-order valence-electron chi connectivity index (χ1n) is 39.4. The van der Waals surface area contributed by atoms with E-state index in [0.717, 1.165) is 65.4 Å². The first-order chi connectivity index (χ1) is 63.3. The average Bonchev–Trinajstić information content (AvgIpc) is 1.60. The number of alkyl halides is 25. The summed E-state index contributed by atoms with van der Waals surface area (Å²) < 4.78 is 372. The highest BCUT2D eigenvalue weighted by Crippen LogP contribution is 2.44. The van der Waals surface area contributed by atoms with Crippen LogP contribution >= 0.6 is 0 Å². The maximum absolute atomic E-state index is 14.3. The van der Waals surface area contributed by atoms with Crippen molar-refractivity contribution in [3.8, 4) is 79.3 Å². The molecule has 0 bridgehead atoms. The zero-order chi connectivity index (χ0) is 99.1. The van der Waals surface area contributed by atoms with E-state index in [0.29, 0.717) is 61.4 Å². The Morgan fingerprint density at radius 1 is 0.375 bits per heavy atom. The lowest BCUT2D eigenvalue weighted by Gasteiger charge is -2.34. The van der Waals surface area contributed by atoms with E-state index in [2.05, 4.69) is 90.7 Å². The summed E-state index contributed by atoms with van der Waals surface area (Å²) in [7, 11) is 1.32. The third-order valence-electron chi connectivity index (χ3n) is 19.6. The third kappa shape index (κ3) is 24.4. The molecular formula is C83H66F26N20O7. The van der Waals surface area contributed by atoms with Crippen LogP contribution in [0.1, 0.15) is 117 Å². The Kier molecular flexibility index (Phi) is 27.9. The van der Waals surface area contributed by atoms with Gasteiger partial charge < -0.3 is 33.5 Å². The molecule has 0 aliphatic heterocycles. The number of benzene rings is 5. The predicted octanol–water partition coefficient (Wildman–Crippen LogP) is 20.6. The zero-order valence-corrected chi connectivity index (χ0v) is 70.5. The van der Waals surface area contributed by atoms with E-state index in [1.165, 1.54) is 98.1 Å². The number of aryl methyl sites for hydroxylation is 1. The SMILES string of the molecule is CC(F)(F)c1nnc2ccc(-c3ccc(CC(F)(F)F)c(CO)c3)nn12.CC(F)(F)c1nnc2ccc(-c3ccc(OC(F)(F)F)cc3COC(F)F)nn12.CC(F)(F)c1nnc2ccc(-c3ccc(OC4CC(F)(F)C4)c(F)c3)nn12.COCc1cc(-c2ccc3nnc(C(C)(F)F)n3n2)ccc1OC(F)(F)F.Cc1cc(OC2CC(F)(F)C2)ccc1-c1ccc2nnc(C(C)(F)F)n2n1. The number of hydrogen-bond donors (Lipinski definition) is 1. The Bertz CT molecular complexity index is 6800. The minimum Gasteiger partial charge on any atom is -0.490 e. The Morgan fingerprint density at radius 3 is 1.10 bits per heavy atom. The van der Waals surface area contributed by atoms with Gasteiger partial charge in [-0.15, -0.1) is 77.3 Å².